The number of ketones is 1. The molecular formula is C14H24N2O. The van der Waals surface area contributed by atoms with Crippen molar-refractivity contribution in [2.45, 2.75) is 57.0 Å². The maximum atomic E-state index is 11.5. The van der Waals surface area contributed by atoms with Crippen molar-refractivity contribution < 1.29 is 4.79 Å². The molecule has 17 heavy (non-hydrogen) atoms. The Balaban J connectivity index is 1.50. The highest BCUT2D eigenvalue weighted by molar-refractivity contribution is 5.80. The van der Waals surface area contributed by atoms with Crippen LogP contribution in [0.2, 0.25) is 0 Å². The van der Waals surface area contributed by atoms with E-state index in [1.807, 2.05) is 0 Å². The second-order valence-electron chi connectivity index (χ2n) is 5.97. The lowest BCUT2D eigenvalue weighted by Gasteiger charge is -2.36. The Kier molecular flexibility index (Phi) is 3.48. The van der Waals surface area contributed by atoms with Gasteiger partial charge >= 0.3 is 0 Å². The number of hydrogen-bond acceptors (Lipinski definition) is 3. The molecule has 3 rings (SSSR count). The van der Waals surface area contributed by atoms with Crippen molar-refractivity contribution in [3.05, 3.63) is 0 Å². The molecule has 3 saturated heterocycles. The number of rotatable bonds is 3. The van der Waals surface area contributed by atoms with Gasteiger partial charge in [0.05, 0.1) is 0 Å². The van der Waals surface area contributed by atoms with Gasteiger partial charge in [-0.25, -0.2) is 0 Å². The molecule has 3 nitrogen and oxygen atoms in total. The Hall–Kier alpha value is -0.410. The van der Waals surface area contributed by atoms with Gasteiger partial charge in [-0.3, -0.25) is 9.69 Å². The van der Waals surface area contributed by atoms with E-state index in [9.17, 15) is 4.79 Å². The number of hydrogen-bond donors (Lipinski definition) is 0. The van der Waals surface area contributed by atoms with Crippen LogP contribution in [0.15, 0.2) is 0 Å². The van der Waals surface area contributed by atoms with E-state index in [4.69, 9.17) is 0 Å². The lowest BCUT2D eigenvalue weighted by molar-refractivity contribution is -0.123. The molecular weight excluding hydrogens is 212 g/mol. The van der Waals surface area contributed by atoms with E-state index < -0.39 is 0 Å². The summed E-state index contributed by atoms with van der Waals surface area (Å²) in [5.74, 6) is 0.506. The number of piperidine rings is 2. The van der Waals surface area contributed by atoms with Gasteiger partial charge in [0.2, 0.25) is 0 Å². The van der Waals surface area contributed by atoms with Crippen LogP contribution in [0.1, 0.15) is 44.9 Å². The van der Waals surface area contributed by atoms with Crippen molar-refractivity contribution in [1.82, 2.24) is 9.80 Å². The SMILES string of the molecule is O=C1CC2CCC(C1)N2CCN1CCCCC1. The van der Waals surface area contributed by atoms with Gasteiger partial charge in [-0.15, -0.1) is 0 Å². The Labute approximate surface area is 104 Å². The van der Waals surface area contributed by atoms with Crippen molar-refractivity contribution in [2.24, 2.45) is 0 Å². The quantitative estimate of drug-likeness (QED) is 0.744. The molecule has 0 spiro atoms. The molecule has 3 heteroatoms. The number of fused-ring (bicyclic) bond motifs is 2. The molecule has 3 aliphatic rings. The van der Waals surface area contributed by atoms with Gasteiger partial charge in [-0.1, -0.05) is 6.42 Å². The molecule has 0 aromatic heterocycles. The summed E-state index contributed by atoms with van der Waals surface area (Å²) >= 11 is 0. The first kappa shape index (κ1) is 11.7. The largest absolute Gasteiger partial charge is 0.302 e. The summed E-state index contributed by atoms with van der Waals surface area (Å²) in [6.45, 7) is 5.01. The fourth-order valence-electron chi connectivity index (χ4n) is 3.87. The molecule has 0 amide bonds. The molecule has 0 aromatic carbocycles. The smallest absolute Gasteiger partial charge is 0.136 e. The minimum absolute atomic E-state index is 0.506. The Morgan fingerprint density at radius 2 is 1.59 bits per heavy atom. The summed E-state index contributed by atoms with van der Waals surface area (Å²) in [5.41, 5.74) is 0. The zero-order chi connectivity index (χ0) is 11.7. The van der Waals surface area contributed by atoms with Crippen molar-refractivity contribution in [3.63, 3.8) is 0 Å². The van der Waals surface area contributed by atoms with Crippen LogP contribution in [0.5, 0.6) is 0 Å². The number of carbonyl (C=O) groups is 1. The first-order valence-corrected chi connectivity index (χ1v) is 7.33. The molecule has 0 N–H and O–H groups in total. The van der Waals surface area contributed by atoms with Crippen molar-refractivity contribution in [1.29, 1.82) is 0 Å². The fraction of sp³-hybridized carbons (Fsp3) is 0.929. The predicted octanol–water partition coefficient (Wildman–Crippen LogP) is 1.67. The van der Waals surface area contributed by atoms with Gasteiger partial charge in [-0.2, -0.15) is 0 Å². The summed E-state index contributed by atoms with van der Waals surface area (Å²) in [4.78, 5) is 16.8. The maximum Gasteiger partial charge on any atom is 0.136 e. The van der Waals surface area contributed by atoms with Crippen molar-refractivity contribution in [3.8, 4) is 0 Å². The van der Waals surface area contributed by atoms with E-state index in [1.165, 1.54) is 58.3 Å². The molecule has 2 unspecified atom stereocenters. The number of carbonyl (C=O) groups excluding carboxylic acids is 1. The molecule has 0 aromatic rings. The van der Waals surface area contributed by atoms with Gasteiger partial charge in [0, 0.05) is 38.0 Å². The molecule has 3 aliphatic heterocycles. The molecule has 3 heterocycles. The highest BCUT2D eigenvalue weighted by Gasteiger charge is 2.39. The van der Waals surface area contributed by atoms with Crippen molar-refractivity contribution in [2.75, 3.05) is 26.2 Å². The number of likely N-dealkylation sites (tertiary alicyclic amines) is 1. The van der Waals surface area contributed by atoms with Crippen LogP contribution in [0, 0.1) is 0 Å². The maximum absolute atomic E-state index is 11.5. The average Bonchev–Trinajstić information content (AvgIpc) is 2.59. The van der Waals surface area contributed by atoms with Gasteiger partial charge in [0.15, 0.2) is 0 Å². The first-order chi connectivity index (χ1) is 8.33. The highest BCUT2D eigenvalue weighted by Crippen LogP contribution is 2.33. The summed E-state index contributed by atoms with van der Waals surface area (Å²) < 4.78 is 0. The van der Waals surface area contributed by atoms with Gasteiger partial charge in [0.1, 0.15) is 5.78 Å². The van der Waals surface area contributed by atoms with Gasteiger partial charge < -0.3 is 4.90 Å². The molecule has 2 atom stereocenters. The molecule has 0 radical (unpaired) electrons. The van der Waals surface area contributed by atoms with Gasteiger partial charge in [0.25, 0.3) is 0 Å². The molecule has 0 saturated carbocycles. The average molecular weight is 236 g/mol. The third-order valence-electron chi connectivity index (χ3n) is 4.82. The Bertz CT molecular complexity index is 270. The second kappa shape index (κ2) is 5.07. The topological polar surface area (TPSA) is 23.6 Å². The van der Waals surface area contributed by atoms with Gasteiger partial charge in [-0.05, 0) is 38.8 Å². The van der Waals surface area contributed by atoms with E-state index in [-0.39, 0.29) is 0 Å². The summed E-state index contributed by atoms with van der Waals surface area (Å²) in [7, 11) is 0. The van der Waals surface area contributed by atoms with E-state index in [1.54, 1.807) is 0 Å². The van der Waals surface area contributed by atoms with Crippen LogP contribution >= 0.6 is 0 Å². The first-order valence-electron chi connectivity index (χ1n) is 7.33. The molecule has 3 fully saturated rings. The van der Waals surface area contributed by atoms with E-state index >= 15 is 0 Å². The van der Waals surface area contributed by atoms with E-state index in [0.29, 0.717) is 17.9 Å². The standard InChI is InChI=1S/C14H24N2O/c17-14-10-12-4-5-13(11-14)16(12)9-8-15-6-2-1-3-7-15/h12-13H,1-11H2. The zero-order valence-electron chi connectivity index (χ0n) is 10.7. The fourth-order valence-corrected chi connectivity index (χ4v) is 3.87. The zero-order valence-corrected chi connectivity index (χ0v) is 10.7. The highest BCUT2D eigenvalue weighted by atomic mass is 16.1. The van der Waals surface area contributed by atoms with Crippen LogP contribution < -0.4 is 0 Å². The summed E-state index contributed by atoms with van der Waals surface area (Å²) in [6, 6.07) is 1.18. The summed E-state index contributed by atoms with van der Waals surface area (Å²) in [6.07, 6.45) is 8.36. The van der Waals surface area contributed by atoms with Crippen LogP contribution in [0.4, 0.5) is 0 Å². The normalized spacial score (nSPS) is 35.4. The lowest BCUT2D eigenvalue weighted by Crippen LogP contribution is -2.47. The third-order valence-corrected chi connectivity index (χ3v) is 4.82. The Morgan fingerprint density at radius 3 is 2.24 bits per heavy atom. The monoisotopic (exact) mass is 236 g/mol. The lowest BCUT2D eigenvalue weighted by atomic mass is 10.0. The second-order valence-corrected chi connectivity index (χ2v) is 5.97. The Morgan fingerprint density at radius 1 is 0.941 bits per heavy atom. The van der Waals surface area contributed by atoms with Crippen LogP contribution in [0.3, 0.4) is 0 Å². The molecule has 0 aliphatic carbocycles. The molecule has 2 bridgehead atoms. The van der Waals surface area contributed by atoms with E-state index in [2.05, 4.69) is 9.80 Å². The van der Waals surface area contributed by atoms with Crippen LogP contribution in [-0.2, 0) is 4.79 Å². The minimum Gasteiger partial charge on any atom is -0.302 e. The third kappa shape index (κ3) is 2.55. The van der Waals surface area contributed by atoms with Crippen molar-refractivity contribution >= 4 is 5.78 Å². The van der Waals surface area contributed by atoms with Crippen LogP contribution in [0.25, 0.3) is 0 Å². The number of Topliss-reactive ketones (excluding diaryl/α,β-unsaturated/α-hetero) is 1. The van der Waals surface area contributed by atoms with Crippen LogP contribution in [-0.4, -0.2) is 53.8 Å². The minimum atomic E-state index is 0.506. The number of nitrogens with zero attached hydrogens (tertiary/aromatic N) is 2. The van der Waals surface area contributed by atoms with E-state index in [0.717, 1.165) is 12.8 Å². The molecule has 96 valence electrons. The predicted molar refractivity (Wildman–Crippen MR) is 68.0 cm³/mol. The summed E-state index contributed by atoms with van der Waals surface area (Å²) in [5, 5.41) is 0.